The van der Waals surface area contributed by atoms with Crippen LogP contribution in [-0.2, 0) is 4.79 Å². The van der Waals surface area contributed by atoms with Crippen LogP contribution in [0.25, 0.3) is 0 Å². The summed E-state index contributed by atoms with van der Waals surface area (Å²) < 4.78 is 5.53. The molecule has 0 N–H and O–H groups in total. The first kappa shape index (κ1) is 15.0. The van der Waals surface area contributed by atoms with Gasteiger partial charge in [0, 0.05) is 13.6 Å². The minimum absolute atomic E-state index is 0.00486. The maximum Gasteiger partial charge on any atom is 0.225 e. The number of amides is 1. The van der Waals surface area contributed by atoms with E-state index >= 15 is 0 Å². The molecular weight excluding hydrogens is 240 g/mol. The highest BCUT2D eigenvalue weighted by atomic mass is 16.5. The molecule has 0 bridgehead atoms. The molecule has 0 fully saturated rings. The number of carbonyl (C=O) groups excluding carboxylic acids is 1. The Kier molecular flexibility index (Phi) is 5.87. The summed E-state index contributed by atoms with van der Waals surface area (Å²) in [4.78, 5) is 13.4. The Morgan fingerprint density at radius 2 is 2.26 bits per heavy atom. The number of hydrogen-bond donors (Lipinski definition) is 0. The molecule has 0 aliphatic heterocycles. The number of nitriles is 1. The molecule has 1 aromatic carbocycles. The average molecular weight is 260 g/mol. The molecule has 1 aromatic rings. The Bertz CT molecular complexity index is 465. The first-order chi connectivity index (χ1) is 9.02. The van der Waals surface area contributed by atoms with Crippen molar-refractivity contribution in [2.45, 2.75) is 20.3 Å². The summed E-state index contributed by atoms with van der Waals surface area (Å²) in [5.41, 5.74) is 1.13. The van der Waals surface area contributed by atoms with Crippen molar-refractivity contribution in [3.8, 4) is 11.8 Å². The Hall–Kier alpha value is -2.02. The monoisotopic (exact) mass is 260 g/mol. The van der Waals surface area contributed by atoms with Gasteiger partial charge in [0.05, 0.1) is 25.0 Å². The van der Waals surface area contributed by atoms with Crippen molar-refractivity contribution in [2.75, 3.05) is 20.2 Å². The van der Waals surface area contributed by atoms with Gasteiger partial charge in [-0.25, -0.2) is 0 Å². The van der Waals surface area contributed by atoms with Crippen LogP contribution in [0.15, 0.2) is 24.3 Å². The highest BCUT2D eigenvalue weighted by molar-refractivity contribution is 5.76. The zero-order valence-electron chi connectivity index (χ0n) is 11.7. The molecule has 0 spiro atoms. The molecule has 102 valence electrons. The lowest BCUT2D eigenvalue weighted by molar-refractivity contribution is -0.130. The normalized spacial score (nSPS) is 11.5. The summed E-state index contributed by atoms with van der Waals surface area (Å²) >= 11 is 0. The Labute approximate surface area is 114 Å². The summed E-state index contributed by atoms with van der Waals surface area (Å²) in [5.74, 6) is 0.627. The fourth-order valence-electron chi connectivity index (χ4n) is 1.71. The second-order valence-electron chi connectivity index (χ2n) is 4.72. The molecule has 0 saturated carbocycles. The number of benzene rings is 1. The first-order valence-electron chi connectivity index (χ1n) is 6.36. The van der Waals surface area contributed by atoms with Crippen molar-refractivity contribution in [3.05, 3.63) is 29.8 Å². The van der Waals surface area contributed by atoms with Gasteiger partial charge >= 0.3 is 0 Å². The van der Waals surface area contributed by atoms with Gasteiger partial charge < -0.3 is 9.64 Å². The van der Waals surface area contributed by atoms with Gasteiger partial charge in [-0.3, -0.25) is 4.79 Å². The summed E-state index contributed by atoms with van der Waals surface area (Å²) in [6.45, 7) is 4.61. The second-order valence-corrected chi connectivity index (χ2v) is 4.72. The molecule has 0 aliphatic carbocycles. The van der Waals surface area contributed by atoms with E-state index in [2.05, 4.69) is 6.07 Å². The number of nitrogens with zero attached hydrogens (tertiary/aromatic N) is 2. The van der Waals surface area contributed by atoms with E-state index in [0.717, 1.165) is 11.3 Å². The minimum atomic E-state index is -0.147. The van der Waals surface area contributed by atoms with E-state index < -0.39 is 0 Å². The third kappa shape index (κ3) is 5.43. The standard InChI is InChI=1S/C15H20N2O2/c1-12-5-4-6-14(9-12)19-8-7-15(18)17(3)11-13(2)10-16/h4-6,9,13H,7-8,11H2,1-3H3. The minimum Gasteiger partial charge on any atom is -0.493 e. The maximum atomic E-state index is 11.8. The molecule has 0 radical (unpaired) electrons. The van der Waals surface area contributed by atoms with Gasteiger partial charge in [-0.2, -0.15) is 5.26 Å². The molecule has 4 heteroatoms. The molecule has 1 atom stereocenters. The zero-order chi connectivity index (χ0) is 14.3. The molecule has 1 amide bonds. The van der Waals surface area contributed by atoms with Crippen molar-refractivity contribution >= 4 is 5.91 Å². The fraction of sp³-hybridized carbons (Fsp3) is 0.467. The molecule has 19 heavy (non-hydrogen) atoms. The summed E-state index contributed by atoms with van der Waals surface area (Å²) in [6.07, 6.45) is 0.322. The summed E-state index contributed by atoms with van der Waals surface area (Å²) in [7, 11) is 1.71. The van der Waals surface area contributed by atoms with Gasteiger partial charge in [0.2, 0.25) is 5.91 Å². The predicted octanol–water partition coefficient (Wildman–Crippen LogP) is 2.38. The van der Waals surface area contributed by atoms with Crippen LogP contribution in [0.3, 0.4) is 0 Å². The van der Waals surface area contributed by atoms with E-state index in [-0.39, 0.29) is 11.8 Å². The summed E-state index contributed by atoms with van der Waals surface area (Å²) in [5, 5.41) is 8.70. The van der Waals surface area contributed by atoms with E-state index in [1.54, 1.807) is 18.9 Å². The molecule has 0 aliphatic rings. The number of aryl methyl sites for hydroxylation is 1. The van der Waals surface area contributed by atoms with E-state index in [0.29, 0.717) is 19.6 Å². The van der Waals surface area contributed by atoms with E-state index in [4.69, 9.17) is 10.00 Å². The Balaban J connectivity index is 2.33. The lowest BCUT2D eigenvalue weighted by atomic mass is 10.2. The fourth-order valence-corrected chi connectivity index (χ4v) is 1.71. The van der Waals surface area contributed by atoms with Crippen LogP contribution in [0.4, 0.5) is 0 Å². The largest absolute Gasteiger partial charge is 0.493 e. The molecule has 0 aromatic heterocycles. The van der Waals surface area contributed by atoms with E-state index in [1.165, 1.54) is 0 Å². The average Bonchev–Trinajstić information content (AvgIpc) is 2.38. The first-order valence-corrected chi connectivity index (χ1v) is 6.36. The van der Waals surface area contributed by atoms with E-state index in [1.807, 2.05) is 31.2 Å². The Morgan fingerprint density at radius 1 is 1.53 bits per heavy atom. The van der Waals surface area contributed by atoms with Crippen LogP contribution in [0.2, 0.25) is 0 Å². The van der Waals surface area contributed by atoms with Gasteiger partial charge in [0.25, 0.3) is 0 Å². The summed E-state index contributed by atoms with van der Waals surface area (Å²) in [6, 6.07) is 9.84. The van der Waals surface area contributed by atoms with Gasteiger partial charge in [0.15, 0.2) is 0 Å². The third-order valence-corrected chi connectivity index (χ3v) is 2.77. The van der Waals surface area contributed by atoms with Crippen molar-refractivity contribution in [1.82, 2.24) is 4.90 Å². The van der Waals surface area contributed by atoms with Crippen molar-refractivity contribution in [1.29, 1.82) is 5.26 Å². The van der Waals surface area contributed by atoms with Gasteiger partial charge in [0.1, 0.15) is 5.75 Å². The SMILES string of the molecule is Cc1cccc(OCCC(=O)N(C)CC(C)C#N)c1. The van der Waals surface area contributed by atoms with Crippen molar-refractivity contribution in [2.24, 2.45) is 5.92 Å². The second kappa shape index (κ2) is 7.42. The van der Waals surface area contributed by atoms with Crippen LogP contribution >= 0.6 is 0 Å². The predicted molar refractivity (Wildman–Crippen MR) is 73.7 cm³/mol. The van der Waals surface area contributed by atoms with Crippen LogP contribution in [0.5, 0.6) is 5.75 Å². The van der Waals surface area contributed by atoms with Crippen LogP contribution in [0, 0.1) is 24.2 Å². The lowest BCUT2D eigenvalue weighted by Gasteiger charge is -2.18. The lowest BCUT2D eigenvalue weighted by Crippen LogP contribution is -2.31. The number of ether oxygens (including phenoxy) is 1. The quantitative estimate of drug-likeness (QED) is 0.789. The highest BCUT2D eigenvalue weighted by Gasteiger charge is 2.11. The van der Waals surface area contributed by atoms with Crippen LogP contribution < -0.4 is 4.74 Å². The van der Waals surface area contributed by atoms with Crippen LogP contribution in [-0.4, -0.2) is 31.0 Å². The molecule has 0 heterocycles. The smallest absolute Gasteiger partial charge is 0.225 e. The van der Waals surface area contributed by atoms with Crippen LogP contribution in [0.1, 0.15) is 18.9 Å². The molecule has 4 nitrogen and oxygen atoms in total. The van der Waals surface area contributed by atoms with E-state index in [9.17, 15) is 4.79 Å². The molecule has 1 rings (SSSR count). The topological polar surface area (TPSA) is 53.3 Å². The van der Waals surface area contributed by atoms with Gasteiger partial charge in [-0.05, 0) is 31.5 Å². The molecule has 1 unspecified atom stereocenters. The Morgan fingerprint density at radius 3 is 2.89 bits per heavy atom. The van der Waals surface area contributed by atoms with Crippen molar-refractivity contribution < 1.29 is 9.53 Å². The number of hydrogen-bond acceptors (Lipinski definition) is 3. The molecule has 0 saturated heterocycles. The third-order valence-electron chi connectivity index (χ3n) is 2.77. The van der Waals surface area contributed by atoms with Crippen molar-refractivity contribution in [3.63, 3.8) is 0 Å². The van der Waals surface area contributed by atoms with Gasteiger partial charge in [-0.1, -0.05) is 12.1 Å². The molecular formula is C15H20N2O2. The highest BCUT2D eigenvalue weighted by Crippen LogP contribution is 2.12. The zero-order valence-corrected chi connectivity index (χ0v) is 11.7. The number of rotatable bonds is 6. The maximum absolute atomic E-state index is 11.8. The van der Waals surface area contributed by atoms with Gasteiger partial charge in [-0.15, -0.1) is 0 Å². The number of carbonyl (C=O) groups is 1.